The quantitative estimate of drug-likeness (QED) is 0.173. The van der Waals surface area contributed by atoms with Gasteiger partial charge in [0, 0.05) is 44.3 Å². The van der Waals surface area contributed by atoms with Crippen LogP contribution in [-0.2, 0) is 13.0 Å². The monoisotopic (exact) mass is 1020 g/mol. The van der Waals surface area contributed by atoms with E-state index in [4.69, 9.17) is 14.4 Å². The fourth-order valence-electron chi connectivity index (χ4n) is 14.8. The molecule has 12 aromatic rings. The molecule has 2 aromatic heterocycles. The van der Waals surface area contributed by atoms with E-state index in [0.717, 1.165) is 46.6 Å². The van der Waals surface area contributed by atoms with Gasteiger partial charge in [0.05, 0.1) is 23.4 Å². The van der Waals surface area contributed by atoms with E-state index in [2.05, 4.69) is 232 Å². The molecule has 7 atom stereocenters. The Bertz CT molecular complexity index is 4620. The SMILES string of the molecule is CC1C=Cc2sc3c(C4=NC(c5ccc(C6C7c8cc9ccccc9cc8-c8ccc9ccccc9c8[C@@H]76)c6c5oc5ccccc56)=NC(c5cccc6c5C(NCc5ccccc5)c5ccccc5-6)C4C)cccc3c2C1. The number of hydrogen-bond donors (Lipinski definition) is 1. The third-order valence-corrected chi connectivity index (χ3v) is 19.6. The van der Waals surface area contributed by atoms with Crippen molar-refractivity contribution in [3.05, 3.63) is 267 Å². The van der Waals surface area contributed by atoms with Crippen molar-refractivity contribution in [2.45, 2.75) is 56.7 Å². The van der Waals surface area contributed by atoms with Gasteiger partial charge in [0.15, 0.2) is 5.84 Å². The molecule has 1 saturated carbocycles. The van der Waals surface area contributed by atoms with E-state index in [1.54, 1.807) is 0 Å². The maximum atomic E-state index is 7.26. The van der Waals surface area contributed by atoms with Crippen molar-refractivity contribution in [1.82, 2.24) is 5.32 Å². The summed E-state index contributed by atoms with van der Waals surface area (Å²) in [6.45, 7) is 5.44. The van der Waals surface area contributed by atoms with Gasteiger partial charge in [-0.1, -0.05) is 202 Å². The molecular formula is C73H53N3OS. The van der Waals surface area contributed by atoms with Crippen molar-refractivity contribution in [1.29, 1.82) is 0 Å². The van der Waals surface area contributed by atoms with Gasteiger partial charge in [0.1, 0.15) is 11.2 Å². The van der Waals surface area contributed by atoms with Crippen LogP contribution < -0.4 is 5.32 Å². The van der Waals surface area contributed by atoms with E-state index in [-0.39, 0.29) is 23.9 Å². The van der Waals surface area contributed by atoms with E-state index in [1.165, 1.54) is 114 Å². The molecule has 10 aromatic carbocycles. The number of aliphatic imine (C=N–C) groups is 2. The van der Waals surface area contributed by atoms with E-state index in [9.17, 15) is 0 Å². The van der Waals surface area contributed by atoms with Crippen LogP contribution in [0, 0.1) is 11.8 Å². The first-order valence-electron chi connectivity index (χ1n) is 27.9. The molecule has 5 heteroatoms. The van der Waals surface area contributed by atoms with Gasteiger partial charge in [-0.05, 0) is 142 Å². The zero-order valence-electron chi connectivity index (χ0n) is 43.4. The normalized spacial score (nSPS) is 21.5. The fraction of sp³-hybridized carbons (Fsp3) is 0.151. The Kier molecular flexibility index (Phi) is 9.73. The van der Waals surface area contributed by atoms with Gasteiger partial charge in [-0.3, -0.25) is 4.99 Å². The second-order valence-corrected chi connectivity index (χ2v) is 23.7. The van der Waals surface area contributed by atoms with E-state index in [0.29, 0.717) is 17.8 Å². The Hall–Kier alpha value is -8.48. The minimum Gasteiger partial charge on any atom is -0.455 e. The molecule has 1 N–H and O–H groups in total. The molecular weight excluding hydrogens is 967 g/mol. The summed E-state index contributed by atoms with van der Waals surface area (Å²) in [6, 6.07) is 74.2. The van der Waals surface area contributed by atoms with Gasteiger partial charge < -0.3 is 9.73 Å². The first kappa shape index (κ1) is 44.6. The summed E-state index contributed by atoms with van der Waals surface area (Å²) in [5.74, 6) is 2.03. The Morgan fingerprint density at radius 2 is 1.23 bits per heavy atom. The molecule has 5 aliphatic rings. The minimum absolute atomic E-state index is 0.0178. The molecule has 17 rings (SSSR count). The molecule has 372 valence electrons. The molecule has 6 unspecified atom stereocenters. The number of hydrogen-bond acceptors (Lipinski definition) is 5. The average molecular weight is 1020 g/mol. The second-order valence-electron chi connectivity index (χ2n) is 22.7. The molecule has 3 heterocycles. The molecule has 4 nitrogen and oxygen atoms in total. The van der Waals surface area contributed by atoms with Crippen molar-refractivity contribution in [2.24, 2.45) is 21.8 Å². The summed E-state index contributed by atoms with van der Waals surface area (Å²) in [4.78, 5) is 13.2. The summed E-state index contributed by atoms with van der Waals surface area (Å²) in [6.07, 6.45) is 5.77. The highest BCUT2D eigenvalue weighted by Crippen LogP contribution is 2.73. The van der Waals surface area contributed by atoms with Crippen LogP contribution in [0.5, 0.6) is 0 Å². The van der Waals surface area contributed by atoms with Crippen molar-refractivity contribution in [3.8, 4) is 22.3 Å². The lowest BCUT2D eigenvalue weighted by molar-refractivity contribution is 0.564. The number of amidine groups is 1. The van der Waals surface area contributed by atoms with E-state index in [1.807, 2.05) is 11.3 Å². The summed E-state index contributed by atoms with van der Waals surface area (Å²) in [7, 11) is 0. The number of rotatable bonds is 7. The first-order valence-corrected chi connectivity index (χ1v) is 28.7. The summed E-state index contributed by atoms with van der Waals surface area (Å²) in [5, 5.41) is 12.9. The van der Waals surface area contributed by atoms with Gasteiger partial charge in [-0.15, -0.1) is 11.3 Å². The van der Waals surface area contributed by atoms with Crippen LogP contribution in [-0.4, -0.2) is 11.5 Å². The highest BCUT2D eigenvalue weighted by atomic mass is 32.1. The first-order chi connectivity index (χ1) is 38.5. The molecule has 0 spiro atoms. The van der Waals surface area contributed by atoms with Crippen LogP contribution in [0.3, 0.4) is 0 Å². The Morgan fingerprint density at radius 1 is 0.538 bits per heavy atom. The van der Waals surface area contributed by atoms with Gasteiger partial charge >= 0.3 is 0 Å². The fourth-order valence-corrected chi connectivity index (χ4v) is 16.0. The number of furan rings is 1. The minimum atomic E-state index is -0.246. The van der Waals surface area contributed by atoms with Crippen molar-refractivity contribution >= 4 is 82.5 Å². The predicted octanol–water partition coefficient (Wildman–Crippen LogP) is 18.4. The number of nitrogens with zero attached hydrogens (tertiary/aromatic N) is 2. The van der Waals surface area contributed by atoms with Crippen molar-refractivity contribution in [3.63, 3.8) is 0 Å². The Labute approximate surface area is 457 Å². The lowest BCUT2D eigenvalue weighted by atomic mass is 9.82. The zero-order chi connectivity index (χ0) is 51.3. The third-order valence-electron chi connectivity index (χ3n) is 18.3. The predicted molar refractivity (Wildman–Crippen MR) is 325 cm³/mol. The molecule has 0 saturated heterocycles. The summed E-state index contributed by atoms with van der Waals surface area (Å²) < 4.78 is 8.57. The lowest BCUT2D eigenvalue weighted by Crippen LogP contribution is -2.28. The standard InChI is InChI=1S/C73H53N3OS/c1-40-30-35-61-58(36-40)51-26-15-28-55(72(51)78-61)69-41(2)68(54-27-14-25-48-47-22-10-11-23-50(47)70(63(48)54)74-39-42-16-4-3-5-17-42)75-73(76-69)56-34-33-53(64-52-24-12-13-29-60(52)77-71(56)64)65-66-59-38-45-20-7-6-19-44(45)37-57(59)49-32-31-43-18-8-9-21-46(43)62(49)67(65)66/h3-35,37-38,40-41,65-68,70,74H,36,39H2,1-2H3/t40?,41?,65?,66?,67-,68?,70?/m1/s1. The van der Waals surface area contributed by atoms with E-state index >= 15 is 0 Å². The van der Waals surface area contributed by atoms with Gasteiger partial charge in [-0.25, -0.2) is 4.99 Å². The lowest BCUT2D eigenvalue weighted by Gasteiger charge is -2.31. The molecule has 1 fully saturated rings. The van der Waals surface area contributed by atoms with E-state index < -0.39 is 0 Å². The molecule has 1 aliphatic heterocycles. The van der Waals surface area contributed by atoms with Gasteiger partial charge in [0.25, 0.3) is 0 Å². The van der Waals surface area contributed by atoms with Crippen LogP contribution in [0.1, 0.15) is 104 Å². The maximum absolute atomic E-state index is 7.26. The number of thiophene rings is 1. The van der Waals surface area contributed by atoms with Crippen molar-refractivity contribution < 1.29 is 4.42 Å². The highest BCUT2D eigenvalue weighted by molar-refractivity contribution is 7.20. The number of allylic oxidation sites excluding steroid dienone is 1. The van der Waals surface area contributed by atoms with Crippen molar-refractivity contribution in [2.75, 3.05) is 0 Å². The molecule has 78 heavy (non-hydrogen) atoms. The van der Waals surface area contributed by atoms with Crippen LogP contribution >= 0.6 is 11.3 Å². The molecule has 0 radical (unpaired) electrons. The van der Waals surface area contributed by atoms with Gasteiger partial charge in [-0.2, -0.15) is 0 Å². The zero-order valence-corrected chi connectivity index (χ0v) is 44.2. The average Bonchev–Trinajstić information content (AvgIpc) is 3.79. The summed E-state index contributed by atoms with van der Waals surface area (Å²) in [5.41, 5.74) is 21.1. The maximum Gasteiger partial charge on any atom is 0.159 e. The van der Waals surface area contributed by atoms with Crippen LogP contribution in [0.25, 0.3) is 81.9 Å². The molecule has 0 bridgehead atoms. The Morgan fingerprint density at radius 3 is 2.13 bits per heavy atom. The summed E-state index contributed by atoms with van der Waals surface area (Å²) >= 11 is 1.92. The topological polar surface area (TPSA) is 49.9 Å². The Balaban J connectivity index is 0.877. The second kappa shape index (κ2) is 17.0. The molecule has 4 aliphatic carbocycles. The van der Waals surface area contributed by atoms with Gasteiger partial charge in [0.2, 0.25) is 0 Å². The third kappa shape index (κ3) is 6.55. The number of nitrogens with one attached hydrogen (secondary N) is 1. The highest BCUT2D eigenvalue weighted by Gasteiger charge is 2.57. The van der Waals surface area contributed by atoms with Crippen LogP contribution in [0.2, 0.25) is 0 Å². The number of para-hydroxylation sites is 1. The largest absolute Gasteiger partial charge is 0.455 e. The van der Waals surface area contributed by atoms with Crippen LogP contribution in [0.15, 0.2) is 221 Å². The smallest absolute Gasteiger partial charge is 0.159 e. The number of fused-ring (bicyclic) bond motifs is 18. The molecule has 0 amide bonds. The van der Waals surface area contributed by atoms with Crippen LogP contribution in [0.4, 0.5) is 0 Å². The number of benzene rings is 10.